The van der Waals surface area contributed by atoms with Gasteiger partial charge in [-0.2, -0.15) is 0 Å². The number of allylic oxidation sites excluding steroid dienone is 4. The largest absolute Gasteiger partial charge is 0.466 e. The van der Waals surface area contributed by atoms with E-state index in [-0.39, 0.29) is 18.5 Å². The lowest BCUT2D eigenvalue weighted by atomic mass is 10.0. The van der Waals surface area contributed by atoms with Gasteiger partial charge in [0, 0.05) is 12.8 Å². The van der Waals surface area contributed by atoms with Crippen LogP contribution in [0.3, 0.4) is 0 Å². The van der Waals surface area contributed by atoms with Crippen LogP contribution in [0, 0.1) is 0 Å². The van der Waals surface area contributed by atoms with E-state index >= 15 is 0 Å². The van der Waals surface area contributed by atoms with Gasteiger partial charge in [0.15, 0.2) is 0 Å². The molecule has 56 heavy (non-hydrogen) atoms. The third kappa shape index (κ3) is 42.0. The number of rotatable bonds is 45. The molecule has 0 aliphatic rings. The van der Waals surface area contributed by atoms with Crippen molar-refractivity contribution >= 4 is 11.9 Å². The maximum atomic E-state index is 12.4. The zero-order valence-electron chi connectivity index (χ0n) is 37.4. The summed E-state index contributed by atoms with van der Waals surface area (Å²) < 4.78 is 5.43. The minimum atomic E-state index is -0.676. The molecule has 6 heteroatoms. The van der Waals surface area contributed by atoms with Gasteiger partial charge in [0.2, 0.25) is 5.91 Å². The first-order valence-electron chi connectivity index (χ1n) is 24.6. The lowest BCUT2D eigenvalue weighted by Crippen LogP contribution is -2.45. The molecule has 2 atom stereocenters. The second kappa shape index (κ2) is 46.0. The number of amides is 1. The average Bonchev–Trinajstić information content (AvgIpc) is 3.20. The van der Waals surface area contributed by atoms with Crippen molar-refractivity contribution in [2.24, 2.45) is 0 Å². The van der Waals surface area contributed by atoms with Crippen LogP contribution < -0.4 is 5.32 Å². The van der Waals surface area contributed by atoms with E-state index in [4.69, 9.17) is 4.74 Å². The Morgan fingerprint density at radius 1 is 0.500 bits per heavy atom. The van der Waals surface area contributed by atoms with Crippen LogP contribution in [-0.2, 0) is 14.3 Å². The molecule has 0 heterocycles. The Balaban J connectivity index is 3.52. The number of aliphatic hydroxyl groups excluding tert-OH is 2. The quantitative estimate of drug-likeness (QED) is 0.0324. The normalized spacial score (nSPS) is 12.9. The molecule has 0 aliphatic heterocycles. The number of carbonyl (C=O) groups excluding carboxylic acids is 2. The molecule has 0 aromatic heterocycles. The predicted octanol–water partition coefficient (Wildman–Crippen LogP) is 14.3. The van der Waals surface area contributed by atoms with Crippen molar-refractivity contribution in [3.63, 3.8) is 0 Å². The fourth-order valence-electron chi connectivity index (χ4n) is 7.45. The van der Waals surface area contributed by atoms with Crippen molar-refractivity contribution < 1.29 is 24.5 Å². The minimum Gasteiger partial charge on any atom is -0.466 e. The zero-order chi connectivity index (χ0) is 40.8. The van der Waals surface area contributed by atoms with Crippen LogP contribution in [0.5, 0.6) is 0 Å². The Labute approximate surface area is 348 Å². The monoisotopic (exact) mass is 790 g/mol. The second-order valence-corrected chi connectivity index (χ2v) is 16.8. The third-order valence-electron chi connectivity index (χ3n) is 11.3. The van der Waals surface area contributed by atoms with E-state index in [1.165, 1.54) is 148 Å². The van der Waals surface area contributed by atoms with E-state index in [9.17, 15) is 19.8 Å². The van der Waals surface area contributed by atoms with E-state index in [1.807, 2.05) is 0 Å². The second-order valence-electron chi connectivity index (χ2n) is 16.8. The first-order valence-corrected chi connectivity index (χ1v) is 24.6. The van der Waals surface area contributed by atoms with Gasteiger partial charge in [-0.25, -0.2) is 0 Å². The van der Waals surface area contributed by atoms with Gasteiger partial charge in [0.05, 0.1) is 25.4 Å². The molecule has 0 radical (unpaired) electrons. The van der Waals surface area contributed by atoms with Crippen LogP contribution in [0.15, 0.2) is 24.3 Å². The maximum Gasteiger partial charge on any atom is 0.305 e. The summed E-state index contributed by atoms with van der Waals surface area (Å²) in [6.07, 6.45) is 52.9. The SMILES string of the molecule is CCCCCCCCCCCCCCCC(=O)OCCCCC/C=C\C=C/CCCCCCCCC(=O)NC(CO)C(O)CCCCCCCCCCCCC. The fourth-order valence-corrected chi connectivity index (χ4v) is 7.45. The molecular weight excluding hydrogens is 695 g/mol. The molecule has 1 amide bonds. The number of esters is 1. The molecular formula is C50H95NO5. The first-order chi connectivity index (χ1) is 27.5. The summed E-state index contributed by atoms with van der Waals surface area (Å²) in [6, 6.07) is -0.556. The van der Waals surface area contributed by atoms with Gasteiger partial charge in [-0.1, -0.05) is 212 Å². The maximum absolute atomic E-state index is 12.4. The molecule has 0 aromatic rings. The van der Waals surface area contributed by atoms with Crippen LogP contribution in [0.2, 0.25) is 0 Å². The Kier molecular flexibility index (Phi) is 44.7. The average molecular weight is 790 g/mol. The van der Waals surface area contributed by atoms with Crippen molar-refractivity contribution in [2.45, 2.75) is 270 Å². The molecule has 2 unspecified atom stereocenters. The van der Waals surface area contributed by atoms with Crippen molar-refractivity contribution in [1.29, 1.82) is 0 Å². The molecule has 0 aliphatic carbocycles. The van der Waals surface area contributed by atoms with Crippen molar-refractivity contribution in [3.8, 4) is 0 Å². The summed E-state index contributed by atoms with van der Waals surface area (Å²) in [4.78, 5) is 24.4. The third-order valence-corrected chi connectivity index (χ3v) is 11.3. The zero-order valence-corrected chi connectivity index (χ0v) is 37.4. The van der Waals surface area contributed by atoms with E-state index in [1.54, 1.807) is 0 Å². The van der Waals surface area contributed by atoms with E-state index in [0.29, 0.717) is 25.9 Å². The fraction of sp³-hybridized carbons (Fsp3) is 0.880. The number of carbonyl (C=O) groups is 2. The van der Waals surface area contributed by atoms with Crippen LogP contribution in [0.25, 0.3) is 0 Å². The van der Waals surface area contributed by atoms with Gasteiger partial charge >= 0.3 is 5.97 Å². The van der Waals surface area contributed by atoms with E-state index in [2.05, 4.69) is 43.5 Å². The Morgan fingerprint density at radius 3 is 1.32 bits per heavy atom. The van der Waals surface area contributed by atoms with Crippen LogP contribution in [0.1, 0.15) is 258 Å². The van der Waals surface area contributed by atoms with E-state index in [0.717, 1.165) is 77.0 Å². The van der Waals surface area contributed by atoms with Crippen LogP contribution in [0.4, 0.5) is 0 Å². The summed E-state index contributed by atoms with van der Waals surface area (Å²) in [7, 11) is 0. The van der Waals surface area contributed by atoms with Gasteiger partial charge in [-0.05, 0) is 57.8 Å². The van der Waals surface area contributed by atoms with Crippen LogP contribution in [-0.4, -0.2) is 47.4 Å². The Bertz CT molecular complexity index is 874. The number of aliphatic hydroxyl groups is 2. The molecule has 0 fully saturated rings. The van der Waals surface area contributed by atoms with Crippen molar-refractivity contribution in [3.05, 3.63) is 24.3 Å². The predicted molar refractivity (Wildman–Crippen MR) is 241 cm³/mol. The highest BCUT2D eigenvalue weighted by Crippen LogP contribution is 2.16. The molecule has 0 rings (SSSR count). The Morgan fingerprint density at radius 2 is 0.875 bits per heavy atom. The number of nitrogens with one attached hydrogen (secondary N) is 1. The Hall–Kier alpha value is -1.66. The summed E-state index contributed by atoms with van der Waals surface area (Å²) in [5, 5.41) is 23.1. The molecule has 0 aromatic carbocycles. The van der Waals surface area contributed by atoms with Crippen molar-refractivity contribution in [1.82, 2.24) is 5.32 Å². The van der Waals surface area contributed by atoms with Gasteiger partial charge in [-0.3, -0.25) is 9.59 Å². The van der Waals surface area contributed by atoms with E-state index < -0.39 is 12.1 Å². The number of hydrogen-bond acceptors (Lipinski definition) is 5. The van der Waals surface area contributed by atoms with Gasteiger partial charge < -0.3 is 20.3 Å². The van der Waals surface area contributed by atoms with Gasteiger partial charge in [0.1, 0.15) is 0 Å². The smallest absolute Gasteiger partial charge is 0.305 e. The number of hydrogen-bond donors (Lipinski definition) is 3. The van der Waals surface area contributed by atoms with Crippen LogP contribution >= 0.6 is 0 Å². The molecule has 0 bridgehead atoms. The summed E-state index contributed by atoms with van der Waals surface area (Å²) in [5.74, 6) is -0.0796. The highest BCUT2D eigenvalue weighted by molar-refractivity contribution is 5.76. The number of ether oxygens (including phenoxy) is 1. The highest BCUT2D eigenvalue weighted by Gasteiger charge is 2.20. The highest BCUT2D eigenvalue weighted by atomic mass is 16.5. The summed E-state index contributed by atoms with van der Waals surface area (Å²) in [6.45, 7) is 4.88. The molecule has 3 N–H and O–H groups in total. The topological polar surface area (TPSA) is 95.9 Å². The summed E-state index contributed by atoms with van der Waals surface area (Å²) in [5.41, 5.74) is 0. The molecule has 6 nitrogen and oxygen atoms in total. The lowest BCUT2D eigenvalue weighted by molar-refractivity contribution is -0.143. The molecule has 0 saturated heterocycles. The minimum absolute atomic E-state index is 0.0207. The molecule has 0 saturated carbocycles. The summed E-state index contributed by atoms with van der Waals surface area (Å²) >= 11 is 0. The van der Waals surface area contributed by atoms with Gasteiger partial charge in [-0.15, -0.1) is 0 Å². The first kappa shape index (κ1) is 54.3. The molecule has 330 valence electrons. The molecule has 0 spiro atoms. The number of unbranched alkanes of at least 4 members (excludes halogenated alkanes) is 31. The van der Waals surface area contributed by atoms with Crippen molar-refractivity contribution in [2.75, 3.05) is 13.2 Å². The lowest BCUT2D eigenvalue weighted by Gasteiger charge is -2.22. The standard InChI is InChI=1S/C50H95NO5/c1-3-5-7-9-11-13-15-19-24-28-32-36-40-44-50(55)56-45-41-37-33-29-25-21-18-16-17-20-23-27-31-35-39-43-49(54)51-47(46-52)48(53)42-38-34-30-26-22-14-12-10-8-6-4-2/h16,18,21,25,47-48,52-53H,3-15,17,19-20,22-24,26-46H2,1-2H3,(H,51,54)/b18-16-,25-21-. The van der Waals surface area contributed by atoms with Gasteiger partial charge in [0.25, 0.3) is 0 Å².